The van der Waals surface area contributed by atoms with Crippen LogP contribution in [0.25, 0.3) is 0 Å². The van der Waals surface area contributed by atoms with Gasteiger partial charge in [-0.25, -0.2) is 4.98 Å². The maximum atomic E-state index is 13.3. The Morgan fingerprint density at radius 1 is 1.25 bits per heavy atom. The van der Waals surface area contributed by atoms with Crippen LogP contribution in [-0.4, -0.2) is 75.6 Å². The molecule has 3 heterocycles. The van der Waals surface area contributed by atoms with Crippen LogP contribution in [0.1, 0.15) is 60.6 Å². The first-order valence-corrected chi connectivity index (χ1v) is 14.0. The van der Waals surface area contributed by atoms with Gasteiger partial charge in [0.1, 0.15) is 5.69 Å². The summed E-state index contributed by atoms with van der Waals surface area (Å²) < 4.78 is 1.79. The zero-order chi connectivity index (χ0) is 25.8. The fraction of sp³-hybridized carbons (Fsp3) is 0.667. The molecule has 9 heteroatoms. The monoisotopic (exact) mass is 513 g/mol. The lowest BCUT2D eigenvalue weighted by Gasteiger charge is -2.53. The molecule has 0 radical (unpaired) electrons. The lowest BCUT2D eigenvalue weighted by Crippen LogP contribution is -2.55. The van der Waals surface area contributed by atoms with Crippen molar-refractivity contribution in [3.63, 3.8) is 0 Å². The van der Waals surface area contributed by atoms with Crippen LogP contribution in [-0.2, 0) is 18.3 Å². The summed E-state index contributed by atoms with van der Waals surface area (Å²) in [6.07, 6.45) is 3.98. The molecule has 8 nitrogen and oxygen atoms in total. The highest BCUT2D eigenvalue weighted by atomic mass is 32.1. The highest BCUT2D eigenvalue weighted by Gasteiger charge is 2.54. The fourth-order valence-electron chi connectivity index (χ4n) is 6.96. The van der Waals surface area contributed by atoms with Gasteiger partial charge in [0.05, 0.1) is 11.8 Å². The van der Waals surface area contributed by atoms with Gasteiger partial charge in [0.15, 0.2) is 5.13 Å². The van der Waals surface area contributed by atoms with Crippen LogP contribution in [0.3, 0.4) is 0 Å². The highest BCUT2D eigenvalue weighted by Crippen LogP contribution is 2.57. The predicted octanol–water partition coefficient (Wildman–Crippen LogP) is 3.20. The van der Waals surface area contributed by atoms with Crippen molar-refractivity contribution >= 4 is 28.3 Å². The van der Waals surface area contributed by atoms with Crippen LogP contribution < -0.4 is 5.32 Å². The Kier molecular flexibility index (Phi) is 6.76. The number of aliphatic hydroxyl groups is 1. The SMILES string of the molecule is C[C@H](C(=O)N1CCN(C)CC1)C1CC[C@@]2(C)Cc3sc(NC(=O)c4cccn4C)nc3[C@@H](C)[C@@H]2[C@H]1O. The second kappa shape index (κ2) is 9.58. The lowest BCUT2D eigenvalue weighted by atomic mass is 9.53. The van der Waals surface area contributed by atoms with Gasteiger partial charge in [-0.2, -0.15) is 0 Å². The molecule has 2 amide bonds. The average molecular weight is 514 g/mol. The summed E-state index contributed by atoms with van der Waals surface area (Å²) in [5.41, 5.74) is 1.53. The number of nitrogens with zero attached hydrogens (tertiary/aromatic N) is 4. The summed E-state index contributed by atoms with van der Waals surface area (Å²) in [4.78, 5) is 36.4. The Balaban J connectivity index is 1.33. The van der Waals surface area contributed by atoms with E-state index in [0.717, 1.165) is 51.1 Å². The maximum Gasteiger partial charge on any atom is 0.274 e. The number of hydrogen-bond donors (Lipinski definition) is 2. The van der Waals surface area contributed by atoms with Crippen LogP contribution >= 0.6 is 11.3 Å². The fourth-order valence-corrected chi connectivity index (χ4v) is 8.22. The minimum Gasteiger partial charge on any atom is -0.392 e. The lowest BCUT2D eigenvalue weighted by molar-refractivity contribution is -0.146. The number of carbonyl (C=O) groups is 2. The Morgan fingerprint density at radius 2 is 1.97 bits per heavy atom. The number of likely N-dealkylation sites (N-methyl/N-ethyl adjacent to an activating group) is 1. The molecule has 36 heavy (non-hydrogen) atoms. The van der Waals surface area contributed by atoms with E-state index in [2.05, 4.69) is 31.1 Å². The number of nitrogens with one attached hydrogen (secondary N) is 1. The smallest absolute Gasteiger partial charge is 0.274 e. The Labute approximate surface area is 217 Å². The molecule has 6 atom stereocenters. The highest BCUT2D eigenvalue weighted by molar-refractivity contribution is 7.15. The third kappa shape index (κ3) is 4.39. The maximum absolute atomic E-state index is 13.3. The van der Waals surface area contributed by atoms with Gasteiger partial charge >= 0.3 is 0 Å². The van der Waals surface area contributed by atoms with Gasteiger partial charge in [0, 0.05) is 56.1 Å². The van der Waals surface area contributed by atoms with E-state index >= 15 is 0 Å². The molecule has 1 unspecified atom stereocenters. The van der Waals surface area contributed by atoms with Gasteiger partial charge < -0.3 is 19.5 Å². The van der Waals surface area contributed by atoms with Crippen LogP contribution in [0.4, 0.5) is 5.13 Å². The average Bonchev–Trinajstić information content (AvgIpc) is 3.44. The summed E-state index contributed by atoms with van der Waals surface area (Å²) in [5.74, 6) is -0.142. The van der Waals surface area contributed by atoms with Gasteiger partial charge in [-0.3, -0.25) is 14.9 Å². The van der Waals surface area contributed by atoms with Gasteiger partial charge in [-0.05, 0) is 55.7 Å². The number of anilines is 1. The molecule has 2 N–H and O–H groups in total. The zero-order valence-corrected chi connectivity index (χ0v) is 22.8. The molecule has 2 aromatic rings. The van der Waals surface area contributed by atoms with E-state index in [1.807, 2.05) is 31.1 Å². The van der Waals surface area contributed by atoms with Crippen molar-refractivity contribution in [3.05, 3.63) is 34.6 Å². The molecular formula is C27H39N5O3S. The van der Waals surface area contributed by atoms with Crippen molar-refractivity contribution in [1.29, 1.82) is 0 Å². The van der Waals surface area contributed by atoms with Crippen LogP contribution in [0.5, 0.6) is 0 Å². The van der Waals surface area contributed by atoms with E-state index in [-0.39, 0.29) is 40.9 Å². The third-order valence-electron chi connectivity index (χ3n) is 9.17. The quantitative estimate of drug-likeness (QED) is 0.655. The topological polar surface area (TPSA) is 90.7 Å². The Morgan fingerprint density at radius 3 is 2.64 bits per heavy atom. The van der Waals surface area contributed by atoms with Crippen molar-refractivity contribution in [2.75, 3.05) is 38.5 Å². The van der Waals surface area contributed by atoms with Crippen molar-refractivity contribution in [1.82, 2.24) is 19.4 Å². The molecule has 1 aliphatic heterocycles. The molecule has 2 fully saturated rings. The molecule has 5 rings (SSSR count). The van der Waals surface area contributed by atoms with Gasteiger partial charge in [0.25, 0.3) is 5.91 Å². The molecule has 1 saturated heterocycles. The number of rotatable bonds is 4. The number of carbonyl (C=O) groups excluding carboxylic acids is 2. The molecule has 196 valence electrons. The molecular weight excluding hydrogens is 474 g/mol. The van der Waals surface area contributed by atoms with E-state index in [1.165, 1.54) is 4.88 Å². The molecule has 2 aliphatic carbocycles. The van der Waals surface area contributed by atoms with E-state index in [9.17, 15) is 14.7 Å². The number of fused-ring (bicyclic) bond motifs is 2. The van der Waals surface area contributed by atoms with Crippen LogP contribution in [0, 0.1) is 23.2 Å². The van der Waals surface area contributed by atoms with Gasteiger partial charge in [0.2, 0.25) is 5.91 Å². The van der Waals surface area contributed by atoms with Gasteiger partial charge in [-0.1, -0.05) is 20.8 Å². The van der Waals surface area contributed by atoms with E-state index < -0.39 is 6.10 Å². The minimum absolute atomic E-state index is 0.0324. The molecule has 0 bridgehead atoms. The standard InChI is InChI=1S/C27H39N5O3S/c1-16(25(35)32-13-11-30(4)12-14-32)18-8-9-27(3)15-20-22(17(2)21(27)23(18)33)28-26(36-20)29-24(34)19-7-6-10-31(19)5/h6-7,10,16-18,21,23,33H,8-9,11-15H2,1-5H3,(H,28,29,34)/t16-,17-,18?,21+,23-,27-/m0/s1. The summed E-state index contributed by atoms with van der Waals surface area (Å²) in [5, 5.41) is 15.3. The molecule has 3 aliphatic rings. The summed E-state index contributed by atoms with van der Waals surface area (Å²) in [6, 6.07) is 3.64. The number of thiazole rings is 1. The van der Waals surface area contributed by atoms with E-state index in [4.69, 9.17) is 4.98 Å². The zero-order valence-electron chi connectivity index (χ0n) is 22.0. The Hall–Kier alpha value is -2.23. The summed E-state index contributed by atoms with van der Waals surface area (Å²) >= 11 is 1.56. The predicted molar refractivity (Wildman–Crippen MR) is 141 cm³/mol. The molecule has 0 aromatic carbocycles. The second-order valence-electron chi connectivity index (χ2n) is 11.5. The first-order valence-electron chi connectivity index (χ1n) is 13.2. The number of aryl methyl sites for hydroxylation is 1. The van der Waals surface area contributed by atoms with E-state index in [1.54, 1.807) is 22.0 Å². The summed E-state index contributed by atoms with van der Waals surface area (Å²) in [7, 11) is 3.94. The number of hydrogen-bond acceptors (Lipinski definition) is 6. The number of aromatic nitrogens is 2. The minimum atomic E-state index is -0.554. The second-order valence-corrected chi connectivity index (χ2v) is 12.6. The molecule has 2 aromatic heterocycles. The number of aliphatic hydroxyl groups excluding tert-OH is 1. The third-order valence-corrected chi connectivity index (χ3v) is 10.2. The van der Waals surface area contributed by atoms with Crippen LogP contribution in [0.2, 0.25) is 0 Å². The van der Waals surface area contributed by atoms with Crippen molar-refractivity contribution < 1.29 is 14.7 Å². The van der Waals surface area contributed by atoms with Crippen LogP contribution in [0.15, 0.2) is 18.3 Å². The van der Waals surface area contributed by atoms with Crippen molar-refractivity contribution in [2.45, 2.75) is 52.1 Å². The molecule has 1 saturated carbocycles. The largest absolute Gasteiger partial charge is 0.392 e. The first kappa shape index (κ1) is 25.4. The van der Waals surface area contributed by atoms with Crippen molar-refractivity contribution in [3.8, 4) is 0 Å². The Bertz CT molecular complexity index is 1140. The first-order chi connectivity index (χ1) is 17.1. The van der Waals surface area contributed by atoms with E-state index in [0.29, 0.717) is 10.8 Å². The van der Waals surface area contributed by atoms with Gasteiger partial charge in [-0.15, -0.1) is 11.3 Å². The molecule has 0 spiro atoms. The number of piperazine rings is 1. The van der Waals surface area contributed by atoms with Crippen molar-refractivity contribution in [2.24, 2.45) is 30.2 Å². The normalized spacial score (nSPS) is 31.4. The number of amides is 2. The summed E-state index contributed by atoms with van der Waals surface area (Å²) in [6.45, 7) is 9.78.